The van der Waals surface area contributed by atoms with Gasteiger partial charge in [-0.25, -0.2) is 9.78 Å². The van der Waals surface area contributed by atoms with Gasteiger partial charge in [0.1, 0.15) is 0 Å². The Morgan fingerprint density at radius 1 is 1.11 bits per heavy atom. The summed E-state index contributed by atoms with van der Waals surface area (Å²) >= 11 is 0. The van der Waals surface area contributed by atoms with Crippen LogP contribution in [0.1, 0.15) is 21.6 Å². The molecule has 18 heavy (non-hydrogen) atoms. The van der Waals surface area contributed by atoms with Gasteiger partial charge in [-0.2, -0.15) is 0 Å². The highest BCUT2D eigenvalue weighted by atomic mass is 16.4. The van der Waals surface area contributed by atoms with Crippen LogP contribution in [0.2, 0.25) is 0 Å². The average Bonchev–Trinajstić information content (AvgIpc) is 2.38. The van der Waals surface area contributed by atoms with Gasteiger partial charge in [0.25, 0.3) is 0 Å². The first-order valence-electron chi connectivity index (χ1n) is 5.62. The van der Waals surface area contributed by atoms with Crippen molar-refractivity contribution >= 4 is 5.97 Å². The van der Waals surface area contributed by atoms with Gasteiger partial charge in [-0.05, 0) is 30.0 Å². The topological polar surface area (TPSA) is 70.4 Å². The first-order chi connectivity index (χ1) is 8.68. The number of carbonyl (C=O) groups is 1. The van der Waals surface area contributed by atoms with Gasteiger partial charge in [0.2, 0.25) is 0 Å². The maximum atomic E-state index is 10.8. The van der Waals surface area contributed by atoms with Crippen molar-refractivity contribution in [3.63, 3.8) is 0 Å². The quantitative estimate of drug-likeness (QED) is 0.864. The first-order valence-corrected chi connectivity index (χ1v) is 5.62. The van der Waals surface area contributed by atoms with E-state index in [1.165, 1.54) is 6.20 Å². The Morgan fingerprint density at radius 2 is 1.83 bits per heavy atom. The van der Waals surface area contributed by atoms with E-state index in [0.29, 0.717) is 12.0 Å². The number of nitrogens with zero attached hydrogens (tertiary/aromatic N) is 1. The first kappa shape index (κ1) is 12.1. The molecule has 1 heterocycles. The van der Waals surface area contributed by atoms with Crippen molar-refractivity contribution in [1.82, 2.24) is 4.98 Å². The third-order valence-corrected chi connectivity index (χ3v) is 2.74. The molecule has 2 rings (SSSR count). The van der Waals surface area contributed by atoms with Crippen LogP contribution in [-0.2, 0) is 12.8 Å². The molecular formula is C14H13NO3. The van der Waals surface area contributed by atoms with Gasteiger partial charge in [0.05, 0.1) is 0 Å². The predicted octanol–water partition coefficient (Wildman–Crippen LogP) is 2.27. The van der Waals surface area contributed by atoms with E-state index in [9.17, 15) is 9.90 Å². The van der Waals surface area contributed by atoms with Crippen molar-refractivity contribution in [2.75, 3.05) is 0 Å². The van der Waals surface area contributed by atoms with Crippen LogP contribution in [0.3, 0.4) is 0 Å². The van der Waals surface area contributed by atoms with E-state index in [1.807, 2.05) is 30.3 Å². The number of aromatic nitrogens is 1. The van der Waals surface area contributed by atoms with Gasteiger partial charge in [-0.3, -0.25) is 0 Å². The fourth-order valence-electron chi connectivity index (χ4n) is 1.78. The summed E-state index contributed by atoms with van der Waals surface area (Å²) in [4.78, 5) is 14.5. The second-order valence-electron chi connectivity index (χ2n) is 3.96. The largest absolute Gasteiger partial charge is 0.505 e. The smallest absolute Gasteiger partial charge is 0.358 e. The van der Waals surface area contributed by atoms with Crippen molar-refractivity contribution < 1.29 is 15.0 Å². The molecule has 0 bridgehead atoms. The van der Waals surface area contributed by atoms with Crippen LogP contribution in [0.15, 0.2) is 42.6 Å². The lowest BCUT2D eigenvalue weighted by Gasteiger charge is -2.06. The molecule has 0 radical (unpaired) electrons. The summed E-state index contributed by atoms with van der Waals surface area (Å²) in [6.45, 7) is 0. The van der Waals surface area contributed by atoms with Gasteiger partial charge in [0, 0.05) is 6.20 Å². The summed E-state index contributed by atoms with van der Waals surface area (Å²) in [5, 5.41) is 18.6. The van der Waals surface area contributed by atoms with E-state index in [2.05, 4.69) is 4.98 Å². The Kier molecular flexibility index (Phi) is 3.57. The number of carboxylic acids is 1. The summed E-state index contributed by atoms with van der Waals surface area (Å²) in [6.07, 6.45) is 2.74. The zero-order valence-corrected chi connectivity index (χ0v) is 9.71. The highest BCUT2D eigenvalue weighted by Crippen LogP contribution is 2.21. The van der Waals surface area contributed by atoms with Crippen molar-refractivity contribution in [2.24, 2.45) is 0 Å². The monoisotopic (exact) mass is 243 g/mol. The standard InChI is InChI=1S/C14H13NO3/c16-13-11(8-9-15-12(13)14(17)18)7-6-10-4-2-1-3-5-10/h1-5,8-9,16H,6-7H2,(H,17,18). The van der Waals surface area contributed by atoms with Crippen LogP contribution in [0.5, 0.6) is 5.75 Å². The van der Waals surface area contributed by atoms with Crippen LogP contribution < -0.4 is 0 Å². The molecule has 0 aliphatic heterocycles. The lowest BCUT2D eigenvalue weighted by Crippen LogP contribution is -2.03. The van der Waals surface area contributed by atoms with Crippen LogP contribution >= 0.6 is 0 Å². The fourth-order valence-corrected chi connectivity index (χ4v) is 1.78. The van der Waals surface area contributed by atoms with Gasteiger partial charge >= 0.3 is 5.97 Å². The van der Waals surface area contributed by atoms with E-state index in [0.717, 1.165) is 12.0 Å². The molecule has 0 aliphatic carbocycles. The summed E-state index contributed by atoms with van der Waals surface area (Å²) in [5.74, 6) is -1.45. The number of aromatic hydroxyl groups is 1. The second-order valence-corrected chi connectivity index (χ2v) is 3.96. The fraction of sp³-hybridized carbons (Fsp3) is 0.143. The summed E-state index contributed by atoms with van der Waals surface area (Å²) < 4.78 is 0. The molecule has 92 valence electrons. The molecule has 0 fully saturated rings. The van der Waals surface area contributed by atoms with Crippen LogP contribution in [0, 0.1) is 0 Å². The van der Waals surface area contributed by atoms with Crippen molar-refractivity contribution in [1.29, 1.82) is 0 Å². The molecule has 1 aromatic heterocycles. The minimum atomic E-state index is -1.21. The zero-order valence-electron chi connectivity index (χ0n) is 9.71. The molecule has 4 heteroatoms. The number of pyridine rings is 1. The van der Waals surface area contributed by atoms with E-state index in [4.69, 9.17) is 5.11 Å². The molecule has 0 aliphatic rings. The molecule has 2 aromatic rings. The molecule has 0 saturated heterocycles. The number of rotatable bonds is 4. The summed E-state index contributed by atoms with van der Waals surface area (Å²) in [5.41, 5.74) is 1.46. The Hall–Kier alpha value is -2.36. The molecule has 0 saturated carbocycles. The maximum absolute atomic E-state index is 10.8. The predicted molar refractivity (Wildman–Crippen MR) is 66.7 cm³/mol. The summed E-state index contributed by atoms with van der Waals surface area (Å²) in [7, 11) is 0. The lowest BCUT2D eigenvalue weighted by molar-refractivity contribution is 0.0686. The molecular weight excluding hydrogens is 230 g/mol. The van der Waals surface area contributed by atoms with Gasteiger partial charge in [-0.15, -0.1) is 0 Å². The molecule has 0 spiro atoms. The Labute approximate surface area is 105 Å². The van der Waals surface area contributed by atoms with E-state index in [1.54, 1.807) is 6.07 Å². The number of benzene rings is 1. The SMILES string of the molecule is O=C(O)c1nccc(CCc2ccccc2)c1O. The third kappa shape index (κ3) is 2.66. The van der Waals surface area contributed by atoms with E-state index >= 15 is 0 Å². The number of aryl methyl sites for hydroxylation is 2. The number of hydrogen-bond donors (Lipinski definition) is 2. The van der Waals surface area contributed by atoms with Crippen LogP contribution in [-0.4, -0.2) is 21.2 Å². The third-order valence-electron chi connectivity index (χ3n) is 2.74. The average molecular weight is 243 g/mol. The number of hydrogen-bond acceptors (Lipinski definition) is 3. The molecule has 0 atom stereocenters. The molecule has 4 nitrogen and oxygen atoms in total. The molecule has 1 aromatic carbocycles. The Bertz CT molecular complexity index is 552. The minimum Gasteiger partial charge on any atom is -0.505 e. The maximum Gasteiger partial charge on any atom is 0.358 e. The van der Waals surface area contributed by atoms with Crippen LogP contribution in [0.25, 0.3) is 0 Å². The molecule has 0 unspecified atom stereocenters. The Balaban J connectivity index is 2.15. The summed E-state index contributed by atoms with van der Waals surface area (Å²) in [6, 6.07) is 11.5. The number of carboxylic acid groups (broad SMARTS) is 1. The molecule has 0 amide bonds. The second kappa shape index (κ2) is 5.31. The van der Waals surface area contributed by atoms with Crippen molar-refractivity contribution in [2.45, 2.75) is 12.8 Å². The normalized spacial score (nSPS) is 10.2. The van der Waals surface area contributed by atoms with Crippen LogP contribution in [0.4, 0.5) is 0 Å². The zero-order chi connectivity index (χ0) is 13.0. The van der Waals surface area contributed by atoms with Crippen molar-refractivity contribution in [3.05, 3.63) is 59.4 Å². The minimum absolute atomic E-state index is 0.235. The van der Waals surface area contributed by atoms with Crippen molar-refractivity contribution in [3.8, 4) is 5.75 Å². The van der Waals surface area contributed by atoms with Gasteiger partial charge in [-0.1, -0.05) is 30.3 Å². The van der Waals surface area contributed by atoms with Gasteiger partial charge < -0.3 is 10.2 Å². The lowest BCUT2D eigenvalue weighted by atomic mass is 10.0. The van der Waals surface area contributed by atoms with Gasteiger partial charge in [0.15, 0.2) is 11.4 Å². The number of aromatic carboxylic acids is 1. The highest BCUT2D eigenvalue weighted by molar-refractivity contribution is 5.88. The Morgan fingerprint density at radius 3 is 2.50 bits per heavy atom. The van der Waals surface area contributed by atoms with E-state index in [-0.39, 0.29) is 11.4 Å². The highest BCUT2D eigenvalue weighted by Gasteiger charge is 2.14. The molecule has 2 N–H and O–H groups in total. The van der Waals surface area contributed by atoms with E-state index < -0.39 is 5.97 Å².